The van der Waals surface area contributed by atoms with E-state index in [2.05, 4.69) is 21.0 Å². The smallest absolute Gasteiger partial charge is 0.358 e. The van der Waals surface area contributed by atoms with Crippen molar-refractivity contribution in [1.29, 1.82) is 0 Å². The highest BCUT2D eigenvalue weighted by Crippen LogP contribution is 2.26. The monoisotopic (exact) mass is 305 g/mol. The number of hydrogen-bond donors (Lipinski definition) is 2. The minimum absolute atomic E-state index is 0.107. The van der Waals surface area contributed by atoms with Crippen molar-refractivity contribution in [2.45, 2.75) is 19.9 Å². The largest absolute Gasteiger partial charge is 0.404 e. The molecule has 1 rings (SSSR count). The first-order valence-corrected chi connectivity index (χ1v) is 5.57. The molecule has 0 fully saturated rings. The van der Waals surface area contributed by atoms with Crippen LogP contribution in [0.4, 0.5) is 5.82 Å². The first-order valence-electron chi connectivity index (χ1n) is 4.78. The molecule has 1 atom stereocenters. The van der Waals surface area contributed by atoms with Gasteiger partial charge in [-0.05, 0) is 26.8 Å². The number of nitrogens with one attached hydrogen (secondary N) is 1. The molecule has 1 amide bonds. The van der Waals surface area contributed by atoms with Gasteiger partial charge >= 0.3 is 5.82 Å². The van der Waals surface area contributed by atoms with Gasteiger partial charge in [0.05, 0.1) is 11.3 Å². The van der Waals surface area contributed by atoms with E-state index < -0.39 is 16.9 Å². The highest BCUT2D eigenvalue weighted by molar-refractivity contribution is 9.10. The third-order valence-electron chi connectivity index (χ3n) is 2.17. The van der Waals surface area contributed by atoms with E-state index >= 15 is 0 Å². The van der Waals surface area contributed by atoms with Crippen molar-refractivity contribution in [1.82, 2.24) is 15.2 Å². The van der Waals surface area contributed by atoms with Gasteiger partial charge in [-0.25, -0.2) is 5.84 Å². The van der Waals surface area contributed by atoms with Crippen molar-refractivity contribution in [3.8, 4) is 0 Å². The number of aromatic nitrogens is 2. The molecule has 8 nitrogen and oxygen atoms in total. The van der Waals surface area contributed by atoms with Gasteiger partial charge in [0, 0.05) is 0 Å². The molecule has 94 valence electrons. The second-order valence-electron chi connectivity index (χ2n) is 3.74. The van der Waals surface area contributed by atoms with Gasteiger partial charge in [0.1, 0.15) is 4.47 Å². The number of amides is 1. The molecule has 0 saturated carbocycles. The van der Waals surface area contributed by atoms with E-state index in [-0.39, 0.29) is 16.2 Å². The number of rotatable bonds is 4. The zero-order valence-electron chi connectivity index (χ0n) is 9.25. The Hall–Kier alpha value is -1.48. The molecule has 0 radical (unpaired) electrons. The van der Waals surface area contributed by atoms with E-state index in [0.717, 1.165) is 0 Å². The molecular formula is C8H12BrN5O3. The quantitative estimate of drug-likeness (QED) is 0.368. The second-order valence-corrected chi connectivity index (χ2v) is 4.59. The summed E-state index contributed by atoms with van der Waals surface area (Å²) in [5, 5.41) is 14.4. The number of hydrazine groups is 1. The van der Waals surface area contributed by atoms with Crippen LogP contribution in [0.3, 0.4) is 0 Å². The standard InChI is InChI=1S/C8H12BrN5O3/c1-4(2)6(8(15)11-10)13-3-5(9)7(12-13)14(16)17/h3-4,6H,10H2,1-2H3,(H,11,15). The number of nitrogens with zero attached hydrogens (tertiary/aromatic N) is 3. The number of hydrogen-bond acceptors (Lipinski definition) is 5. The lowest BCUT2D eigenvalue weighted by Crippen LogP contribution is -2.39. The average Bonchev–Trinajstić information content (AvgIpc) is 2.59. The minimum atomic E-state index is -0.690. The van der Waals surface area contributed by atoms with Gasteiger partial charge in [-0.1, -0.05) is 13.8 Å². The van der Waals surface area contributed by atoms with Crippen LogP contribution >= 0.6 is 15.9 Å². The summed E-state index contributed by atoms with van der Waals surface area (Å²) in [5.74, 6) is 4.17. The number of nitro groups is 1. The van der Waals surface area contributed by atoms with Crippen molar-refractivity contribution in [2.24, 2.45) is 11.8 Å². The number of halogens is 1. The van der Waals surface area contributed by atoms with Gasteiger partial charge < -0.3 is 10.1 Å². The summed E-state index contributed by atoms with van der Waals surface area (Å²) >= 11 is 3.02. The molecule has 1 heterocycles. The molecule has 1 aromatic rings. The average molecular weight is 306 g/mol. The fourth-order valence-corrected chi connectivity index (χ4v) is 1.87. The molecule has 1 aromatic heterocycles. The highest BCUT2D eigenvalue weighted by Gasteiger charge is 2.30. The topological polar surface area (TPSA) is 116 Å². The second kappa shape index (κ2) is 5.23. The van der Waals surface area contributed by atoms with E-state index in [1.165, 1.54) is 10.9 Å². The van der Waals surface area contributed by atoms with Crippen LogP contribution in [0.2, 0.25) is 0 Å². The van der Waals surface area contributed by atoms with Crippen LogP contribution in [0.1, 0.15) is 19.9 Å². The highest BCUT2D eigenvalue weighted by atomic mass is 79.9. The third-order valence-corrected chi connectivity index (χ3v) is 2.73. The molecule has 1 unspecified atom stereocenters. The maximum Gasteiger partial charge on any atom is 0.404 e. The first-order chi connectivity index (χ1) is 7.88. The molecule has 0 aromatic carbocycles. The lowest BCUT2D eigenvalue weighted by Gasteiger charge is -2.16. The molecule has 0 aliphatic carbocycles. The Bertz CT molecular complexity index is 444. The molecular weight excluding hydrogens is 294 g/mol. The Morgan fingerprint density at radius 2 is 2.29 bits per heavy atom. The van der Waals surface area contributed by atoms with Crippen molar-refractivity contribution in [3.63, 3.8) is 0 Å². The lowest BCUT2D eigenvalue weighted by atomic mass is 10.0. The van der Waals surface area contributed by atoms with E-state index in [0.29, 0.717) is 0 Å². The Labute approximate surface area is 105 Å². The van der Waals surface area contributed by atoms with Crippen LogP contribution in [0, 0.1) is 16.0 Å². The third kappa shape index (κ3) is 2.80. The summed E-state index contributed by atoms with van der Waals surface area (Å²) < 4.78 is 1.45. The normalized spacial score (nSPS) is 12.5. The first kappa shape index (κ1) is 13.6. The molecule has 0 spiro atoms. The fourth-order valence-electron chi connectivity index (χ4n) is 1.44. The van der Waals surface area contributed by atoms with Crippen molar-refractivity contribution < 1.29 is 9.72 Å². The van der Waals surface area contributed by atoms with E-state index in [1.54, 1.807) is 13.8 Å². The Morgan fingerprint density at radius 1 is 1.71 bits per heavy atom. The van der Waals surface area contributed by atoms with E-state index in [1.807, 2.05) is 5.43 Å². The molecule has 0 bridgehead atoms. The van der Waals surface area contributed by atoms with Gasteiger partial charge in [0.2, 0.25) is 0 Å². The summed E-state index contributed by atoms with van der Waals surface area (Å²) in [4.78, 5) is 21.6. The fraction of sp³-hybridized carbons (Fsp3) is 0.500. The van der Waals surface area contributed by atoms with Crippen molar-refractivity contribution in [3.05, 3.63) is 20.8 Å². The van der Waals surface area contributed by atoms with Crippen LogP contribution in [0.15, 0.2) is 10.7 Å². The summed E-state index contributed by atoms with van der Waals surface area (Å²) in [6.07, 6.45) is 1.39. The zero-order chi connectivity index (χ0) is 13.2. The summed E-state index contributed by atoms with van der Waals surface area (Å²) in [6.45, 7) is 3.59. The van der Waals surface area contributed by atoms with Crippen LogP contribution in [-0.4, -0.2) is 20.6 Å². The number of carbonyl (C=O) groups is 1. The van der Waals surface area contributed by atoms with Crippen LogP contribution in [-0.2, 0) is 4.79 Å². The summed E-state index contributed by atoms with van der Waals surface area (Å²) in [6, 6.07) is -0.690. The van der Waals surface area contributed by atoms with Crippen LogP contribution in [0.5, 0.6) is 0 Å². The zero-order valence-corrected chi connectivity index (χ0v) is 10.8. The number of carbonyl (C=O) groups excluding carboxylic acids is 1. The Morgan fingerprint density at radius 3 is 2.65 bits per heavy atom. The Balaban J connectivity index is 3.16. The van der Waals surface area contributed by atoms with Gasteiger partial charge in [0.15, 0.2) is 6.04 Å². The van der Waals surface area contributed by atoms with E-state index in [9.17, 15) is 14.9 Å². The maximum atomic E-state index is 11.6. The summed E-state index contributed by atoms with van der Waals surface area (Å²) in [7, 11) is 0. The van der Waals surface area contributed by atoms with Gasteiger partial charge in [-0.15, -0.1) is 0 Å². The molecule has 0 aliphatic rings. The molecule has 17 heavy (non-hydrogen) atoms. The minimum Gasteiger partial charge on any atom is -0.358 e. The number of nitrogens with two attached hydrogens (primary N) is 1. The molecule has 0 aliphatic heterocycles. The predicted molar refractivity (Wildman–Crippen MR) is 62.8 cm³/mol. The van der Waals surface area contributed by atoms with Gasteiger partial charge in [0.25, 0.3) is 5.91 Å². The van der Waals surface area contributed by atoms with Crippen LogP contribution in [0.25, 0.3) is 0 Å². The summed E-state index contributed by atoms with van der Waals surface area (Å²) in [5.41, 5.74) is 2.02. The lowest BCUT2D eigenvalue weighted by molar-refractivity contribution is -0.390. The van der Waals surface area contributed by atoms with Crippen molar-refractivity contribution in [2.75, 3.05) is 0 Å². The Kier molecular flexibility index (Phi) is 4.18. The molecule has 3 N–H and O–H groups in total. The molecule has 0 saturated heterocycles. The molecule has 9 heteroatoms. The SMILES string of the molecule is CC(C)C(C(=O)NN)n1cc(Br)c([N+](=O)[O-])n1. The van der Waals surface area contributed by atoms with Gasteiger partial charge in [-0.3, -0.25) is 10.2 Å². The van der Waals surface area contributed by atoms with Gasteiger partial charge in [-0.2, -0.15) is 4.68 Å². The maximum absolute atomic E-state index is 11.6. The predicted octanol–water partition coefficient (Wildman–Crippen LogP) is 0.741. The van der Waals surface area contributed by atoms with Crippen LogP contribution < -0.4 is 11.3 Å². The van der Waals surface area contributed by atoms with E-state index in [4.69, 9.17) is 5.84 Å². The van der Waals surface area contributed by atoms with Crippen molar-refractivity contribution >= 4 is 27.7 Å².